The fourth-order valence-electron chi connectivity index (χ4n) is 2.04. The Labute approximate surface area is 117 Å². The molecule has 0 aromatic rings. The zero-order valence-corrected chi connectivity index (χ0v) is 11.3. The summed E-state index contributed by atoms with van der Waals surface area (Å²) in [5.74, 6) is -3.62. The lowest BCUT2D eigenvalue weighted by atomic mass is 9.80. The van der Waals surface area contributed by atoms with Crippen LogP contribution < -0.4 is 0 Å². The summed E-state index contributed by atoms with van der Waals surface area (Å²) in [5.41, 5.74) is 0.960. The van der Waals surface area contributed by atoms with Crippen molar-refractivity contribution in [3.8, 4) is 0 Å². The van der Waals surface area contributed by atoms with Crippen LogP contribution in [-0.2, 0) is 23.9 Å². The molecule has 6 heteroatoms. The minimum Gasteiger partial charge on any atom is -0.481 e. The van der Waals surface area contributed by atoms with Crippen LogP contribution in [0.2, 0.25) is 0 Å². The maximum absolute atomic E-state index is 11.9. The summed E-state index contributed by atoms with van der Waals surface area (Å²) in [4.78, 5) is 33.8. The Kier molecular flexibility index (Phi) is 5.96. The molecule has 0 saturated carbocycles. The molecule has 1 aliphatic rings. The lowest BCUT2D eigenvalue weighted by molar-refractivity contribution is -0.160. The molecule has 1 N–H and O–H groups in total. The van der Waals surface area contributed by atoms with E-state index in [1.54, 1.807) is 0 Å². The van der Waals surface area contributed by atoms with Gasteiger partial charge in [0.1, 0.15) is 13.2 Å². The molecule has 0 radical (unpaired) electrons. The van der Waals surface area contributed by atoms with E-state index in [9.17, 15) is 14.4 Å². The average Bonchev–Trinajstić information content (AvgIpc) is 2.42. The number of ether oxygens (including phenoxy) is 2. The highest BCUT2D eigenvalue weighted by atomic mass is 16.6. The minimum absolute atomic E-state index is 0.0735. The molecule has 0 aromatic carbocycles. The van der Waals surface area contributed by atoms with Gasteiger partial charge in [0.15, 0.2) is 0 Å². The van der Waals surface area contributed by atoms with Gasteiger partial charge in [0, 0.05) is 6.08 Å². The molecule has 2 unspecified atom stereocenters. The first-order valence-corrected chi connectivity index (χ1v) is 6.30. The monoisotopic (exact) mass is 282 g/mol. The van der Waals surface area contributed by atoms with E-state index < -0.39 is 29.7 Å². The van der Waals surface area contributed by atoms with Crippen LogP contribution in [0, 0.1) is 11.8 Å². The van der Waals surface area contributed by atoms with Gasteiger partial charge in [-0.25, -0.2) is 4.79 Å². The second-order valence-corrected chi connectivity index (χ2v) is 4.58. The highest BCUT2D eigenvalue weighted by Gasteiger charge is 2.36. The van der Waals surface area contributed by atoms with Gasteiger partial charge < -0.3 is 14.6 Å². The number of rotatable bonds is 6. The zero-order valence-electron chi connectivity index (χ0n) is 11.3. The Hall–Kier alpha value is -2.11. The molecule has 0 amide bonds. The molecular weight excluding hydrogens is 264 g/mol. The molecule has 110 valence electrons. The van der Waals surface area contributed by atoms with Crippen molar-refractivity contribution in [2.75, 3.05) is 13.2 Å². The topological polar surface area (TPSA) is 89.9 Å². The van der Waals surface area contributed by atoms with Crippen LogP contribution in [-0.4, -0.2) is 36.2 Å². The Morgan fingerprint density at radius 1 is 1.35 bits per heavy atom. The molecule has 0 aromatic heterocycles. The van der Waals surface area contributed by atoms with Crippen LogP contribution in [0.3, 0.4) is 0 Å². The fraction of sp³-hybridized carbons (Fsp3) is 0.500. The Morgan fingerprint density at radius 3 is 2.60 bits per heavy atom. The highest BCUT2D eigenvalue weighted by molar-refractivity contribution is 5.82. The van der Waals surface area contributed by atoms with Crippen LogP contribution in [0.4, 0.5) is 0 Å². The number of carboxylic acids is 1. The standard InChI is InChI=1S/C14H18O6/c1-3-12(15)19-6-7-20-14(18)10-5-4-9(2)8-11(10)13(16)17/h3-4,10-11H,1,5-8H2,2H3,(H,16,17). The van der Waals surface area contributed by atoms with E-state index in [1.807, 2.05) is 13.0 Å². The van der Waals surface area contributed by atoms with E-state index in [0.29, 0.717) is 12.8 Å². The van der Waals surface area contributed by atoms with E-state index in [2.05, 4.69) is 11.3 Å². The third-order valence-corrected chi connectivity index (χ3v) is 3.11. The molecular formula is C14H18O6. The summed E-state index contributed by atoms with van der Waals surface area (Å²) in [6, 6.07) is 0. The number of hydrogen-bond donors (Lipinski definition) is 1. The molecule has 2 atom stereocenters. The van der Waals surface area contributed by atoms with Crippen LogP contribution >= 0.6 is 0 Å². The molecule has 0 aliphatic heterocycles. The molecule has 1 aliphatic carbocycles. The van der Waals surface area contributed by atoms with Crippen LogP contribution in [0.15, 0.2) is 24.3 Å². The summed E-state index contributed by atoms with van der Waals surface area (Å²) < 4.78 is 9.61. The number of carbonyl (C=O) groups is 3. The number of allylic oxidation sites excluding steroid dienone is 2. The third kappa shape index (κ3) is 4.53. The summed E-state index contributed by atoms with van der Waals surface area (Å²) in [6.07, 6.45) is 3.56. The van der Waals surface area contributed by atoms with Gasteiger partial charge in [-0.3, -0.25) is 9.59 Å². The molecule has 6 nitrogen and oxygen atoms in total. The lowest BCUT2D eigenvalue weighted by Crippen LogP contribution is -2.33. The van der Waals surface area contributed by atoms with Crippen LogP contribution in [0.5, 0.6) is 0 Å². The molecule has 0 bridgehead atoms. The number of aliphatic carboxylic acids is 1. The number of carboxylic acid groups (broad SMARTS) is 1. The SMILES string of the molecule is C=CC(=O)OCCOC(=O)C1CC=C(C)CC1C(=O)O. The number of hydrogen-bond acceptors (Lipinski definition) is 5. The predicted molar refractivity (Wildman–Crippen MR) is 69.7 cm³/mol. The maximum atomic E-state index is 11.9. The molecule has 20 heavy (non-hydrogen) atoms. The second kappa shape index (κ2) is 7.47. The minimum atomic E-state index is -1.00. The van der Waals surface area contributed by atoms with E-state index in [0.717, 1.165) is 11.6 Å². The van der Waals surface area contributed by atoms with Gasteiger partial charge in [0.2, 0.25) is 0 Å². The van der Waals surface area contributed by atoms with Gasteiger partial charge in [-0.2, -0.15) is 0 Å². The van der Waals surface area contributed by atoms with Gasteiger partial charge in [-0.1, -0.05) is 18.2 Å². The van der Waals surface area contributed by atoms with Crippen molar-refractivity contribution < 1.29 is 29.0 Å². The highest BCUT2D eigenvalue weighted by Crippen LogP contribution is 2.30. The maximum Gasteiger partial charge on any atom is 0.330 e. The number of carbonyl (C=O) groups excluding carboxylic acids is 2. The van der Waals surface area contributed by atoms with Gasteiger partial charge in [-0.05, 0) is 19.8 Å². The largest absolute Gasteiger partial charge is 0.481 e. The van der Waals surface area contributed by atoms with Crippen LogP contribution in [0.25, 0.3) is 0 Å². The van der Waals surface area contributed by atoms with Gasteiger partial charge >= 0.3 is 17.9 Å². The Balaban J connectivity index is 2.47. The van der Waals surface area contributed by atoms with E-state index in [-0.39, 0.29) is 13.2 Å². The summed E-state index contributed by atoms with van der Waals surface area (Å²) in [6.45, 7) is 4.90. The first-order chi connectivity index (χ1) is 9.45. The number of esters is 2. The first-order valence-electron chi connectivity index (χ1n) is 6.30. The molecule has 0 fully saturated rings. The van der Waals surface area contributed by atoms with Gasteiger partial charge in [0.25, 0.3) is 0 Å². The third-order valence-electron chi connectivity index (χ3n) is 3.11. The molecule has 1 rings (SSSR count). The molecule has 0 spiro atoms. The predicted octanol–water partition coefficient (Wildman–Crippen LogP) is 1.32. The van der Waals surface area contributed by atoms with Crippen molar-refractivity contribution >= 4 is 17.9 Å². The Bertz CT molecular complexity index is 437. The van der Waals surface area contributed by atoms with Crippen molar-refractivity contribution in [3.63, 3.8) is 0 Å². The zero-order chi connectivity index (χ0) is 15.1. The van der Waals surface area contributed by atoms with E-state index >= 15 is 0 Å². The first kappa shape index (κ1) is 15.9. The molecule has 0 heterocycles. The van der Waals surface area contributed by atoms with Crippen molar-refractivity contribution in [1.29, 1.82) is 0 Å². The summed E-state index contributed by atoms with van der Waals surface area (Å²) >= 11 is 0. The molecule has 0 saturated heterocycles. The van der Waals surface area contributed by atoms with Crippen molar-refractivity contribution in [3.05, 3.63) is 24.3 Å². The summed E-state index contributed by atoms with van der Waals surface area (Å²) in [7, 11) is 0. The van der Waals surface area contributed by atoms with E-state index in [4.69, 9.17) is 9.84 Å². The van der Waals surface area contributed by atoms with Gasteiger partial charge in [0.05, 0.1) is 11.8 Å². The normalized spacial score (nSPS) is 21.6. The Morgan fingerprint density at radius 2 is 2.00 bits per heavy atom. The second-order valence-electron chi connectivity index (χ2n) is 4.58. The summed E-state index contributed by atoms with van der Waals surface area (Å²) in [5, 5.41) is 9.14. The quantitative estimate of drug-likeness (QED) is 0.342. The van der Waals surface area contributed by atoms with Gasteiger partial charge in [-0.15, -0.1) is 0 Å². The van der Waals surface area contributed by atoms with Crippen molar-refractivity contribution in [2.24, 2.45) is 11.8 Å². The lowest BCUT2D eigenvalue weighted by Gasteiger charge is -2.25. The van der Waals surface area contributed by atoms with Crippen molar-refractivity contribution in [1.82, 2.24) is 0 Å². The van der Waals surface area contributed by atoms with E-state index in [1.165, 1.54) is 0 Å². The average molecular weight is 282 g/mol. The fourth-order valence-corrected chi connectivity index (χ4v) is 2.04. The van der Waals surface area contributed by atoms with Crippen molar-refractivity contribution in [2.45, 2.75) is 19.8 Å². The van der Waals surface area contributed by atoms with Crippen LogP contribution in [0.1, 0.15) is 19.8 Å². The smallest absolute Gasteiger partial charge is 0.330 e.